The zero-order valence-electron chi connectivity index (χ0n) is 8.18. The van der Waals surface area contributed by atoms with Gasteiger partial charge >= 0.3 is 0 Å². The summed E-state index contributed by atoms with van der Waals surface area (Å²) in [4.78, 5) is 11.3. The molecule has 0 radical (unpaired) electrons. The van der Waals surface area contributed by atoms with Crippen molar-refractivity contribution in [2.75, 3.05) is 6.54 Å². The molecule has 2 saturated carbocycles. The van der Waals surface area contributed by atoms with E-state index in [0.29, 0.717) is 18.6 Å². The first-order valence-electron chi connectivity index (χ1n) is 5.28. The molecule has 0 aromatic carbocycles. The zero-order chi connectivity index (χ0) is 9.26. The molecule has 2 fully saturated rings. The molecule has 1 amide bonds. The highest BCUT2D eigenvalue weighted by Gasteiger charge is 2.29. The summed E-state index contributed by atoms with van der Waals surface area (Å²) in [5, 5.41) is 6.23. The molecule has 0 aliphatic heterocycles. The number of carbonyl (C=O) groups is 1. The molecule has 74 valence electrons. The van der Waals surface area contributed by atoms with Gasteiger partial charge in [0.2, 0.25) is 5.91 Å². The number of nitrogens with one attached hydrogen (secondary N) is 2. The molecule has 3 nitrogen and oxygen atoms in total. The van der Waals surface area contributed by atoms with Crippen LogP contribution < -0.4 is 10.6 Å². The SMILES string of the molecule is CC(NC(=O)CNC1CC1)C1CC1. The van der Waals surface area contributed by atoms with Gasteiger partial charge in [-0.2, -0.15) is 0 Å². The van der Waals surface area contributed by atoms with Gasteiger partial charge in [0.05, 0.1) is 6.54 Å². The maximum absolute atomic E-state index is 11.3. The fourth-order valence-electron chi connectivity index (χ4n) is 1.54. The van der Waals surface area contributed by atoms with Crippen LogP contribution in [0.4, 0.5) is 0 Å². The minimum absolute atomic E-state index is 0.159. The summed E-state index contributed by atoms with van der Waals surface area (Å²) >= 11 is 0. The molecule has 2 rings (SSSR count). The molecule has 2 N–H and O–H groups in total. The van der Waals surface area contributed by atoms with E-state index in [2.05, 4.69) is 17.6 Å². The fraction of sp³-hybridized carbons (Fsp3) is 0.900. The van der Waals surface area contributed by atoms with Crippen molar-refractivity contribution >= 4 is 5.91 Å². The van der Waals surface area contributed by atoms with Crippen molar-refractivity contribution in [1.29, 1.82) is 0 Å². The van der Waals surface area contributed by atoms with E-state index in [1.807, 2.05) is 0 Å². The topological polar surface area (TPSA) is 41.1 Å². The van der Waals surface area contributed by atoms with Gasteiger partial charge in [-0.05, 0) is 38.5 Å². The van der Waals surface area contributed by atoms with Crippen LogP contribution in [0, 0.1) is 5.92 Å². The average molecular weight is 182 g/mol. The van der Waals surface area contributed by atoms with Gasteiger partial charge in [-0.3, -0.25) is 4.79 Å². The van der Waals surface area contributed by atoms with Gasteiger partial charge in [-0.15, -0.1) is 0 Å². The lowest BCUT2D eigenvalue weighted by Crippen LogP contribution is -2.40. The molecule has 0 aromatic heterocycles. The maximum Gasteiger partial charge on any atom is 0.234 e. The summed E-state index contributed by atoms with van der Waals surface area (Å²) in [6.07, 6.45) is 5.06. The Kier molecular flexibility index (Phi) is 2.54. The Labute approximate surface area is 79.3 Å². The summed E-state index contributed by atoms with van der Waals surface area (Å²) < 4.78 is 0. The number of carbonyl (C=O) groups excluding carboxylic acids is 1. The highest BCUT2D eigenvalue weighted by atomic mass is 16.2. The Bertz CT molecular complexity index is 197. The highest BCUT2D eigenvalue weighted by Crippen LogP contribution is 2.32. The summed E-state index contributed by atoms with van der Waals surface area (Å²) in [6.45, 7) is 2.61. The summed E-state index contributed by atoms with van der Waals surface area (Å²) in [5.74, 6) is 0.913. The third-order valence-corrected chi connectivity index (χ3v) is 2.85. The van der Waals surface area contributed by atoms with E-state index in [4.69, 9.17) is 0 Å². The Balaban J connectivity index is 1.58. The van der Waals surface area contributed by atoms with Crippen LogP contribution in [0.5, 0.6) is 0 Å². The third kappa shape index (κ3) is 2.99. The first-order chi connectivity index (χ1) is 6.25. The molecule has 2 aliphatic rings. The van der Waals surface area contributed by atoms with E-state index in [-0.39, 0.29) is 5.91 Å². The minimum atomic E-state index is 0.159. The summed E-state index contributed by atoms with van der Waals surface area (Å²) in [5.41, 5.74) is 0. The lowest BCUT2D eigenvalue weighted by molar-refractivity contribution is -0.121. The van der Waals surface area contributed by atoms with E-state index in [1.165, 1.54) is 25.7 Å². The molecule has 0 spiro atoms. The van der Waals surface area contributed by atoms with Crippen molar-refractivity contribution in [3.8, 4) is 0 Å². The zero-order valence-corrected chi connectivity index (χ0v) is 8.18. The predicted octanol–water partition coefficient (Wildman–Crippen LogP) is 0.653. The molecule has 0 saturated heterocycles. The molecule has 13 heavy (non-hydrogen) atoms. The summed E-state index contributed by atoms with van der Waals surface area (Å²) in [6, 6.07) is 1.01. The van der Waals surface area contributed by atoms with Crippen molar-refractivity contribution in [2.45, 2.75) is 44.7 Å². The highest BCUT2D eigenvalue weighted by molar-refractivity contribution is 5.78. The second-order valence-electron chi connectivity index (χ2n) is 4.35. The van der Waals surface area contributed by atoms with Crippen LogP contribution in [-0.2, 0) is 4.79 Å². The van der Waals surface area contributed by atoms with Gasteiger partial charge in [0.1, 0.15) is 0 Å². The van der Waals surface area contributed by atoms with E-state index in [1.54, 1.807) is 0 Å². The van der Waals surface area contributed by atoms with Gasteiger partial charge in [-0.1, -0.05) is 0 Å². The largest absolute Gasteiger partial charge is 0.352 e. The van der Waals surface area contributed by atoms with Gasteiger partial charge in [-0.25, -0.2) is 0 Å². The minimum Gasteiger partial charge on any atom is -0.352 e. The van der Waals surface area contributed by atoms with Crippen LogP contribution in [0.2, 0.25) is 0 Å². The smallest absolute Gasteiger partial charge is 0.234 e. The Morgan fingerprint density at radius 2 is 2.08 bits per heavy atom. The lowest BCUT2D eigenvalue weighted by Gasteiger charge is -2.12. The molecule has 3 heteroatoms. The lowest BCUT2D eigenvalue weighted by atomic mass is 10.2. The number of hydrogen-bond acceptors (Lipinski definition) is 2. The van der Waals surface area contributed by atoms with Crippen LogP contribution in [0.25, 0.3) is 0 Å². The Morgan fingerprint density at radius 1 is 1.38 bits per heavy atom. The van der Waals surface area contributed by atoms with Crippen LogP contribution in [0.1, 0.15) is 32.6 Å². The first kappa shape index (κ1) is 9.00. The maximum atomic E-state index is 11.3. The molecular weight excluding hydrogens is 164 g/mol. The van der Waals surface area contributed by atoms with Crippen LogP contribution in [0.3, 0.4) is 0 Å². The molecule has 2 aliphatic carbocycles. The van der Waals surface area contributed by atoms with E-state index in [0.717, 1.165) is 5.92 Å². The van der Waals surface area contributed by atoms with Crippen molar-refractivity contribution in [3.63, 3.8) is 0 Å². The summed E-state index contributed by atoms with van der Waals surface area (Å²) in [7, 11) is 0. The monoisotopic (exact) mass is 182 g/mol. The Morgan fingerprint density at radius 3 is 2.62 bits per heavy atom. The Hall–Kier alpha value is -0.570. The normalized spacial score (nSPS) is 24.1. The van der Waals surface area contributed by atoms with Gasteiger partial charge in [0, 0.05) is 12.1 Å². The molecule has 1 unspecified atom stereocenters. The number of rotatable bonds is 5. The van der Waals surface area contributed by atoms with Crippen LogP contribution >= 0.6 is 0 Å². The predicted molar refractivity (Wildman–Crippen MR) is 51.4 cm³/mol. The molecular formula is C10H18N2O. The number of hydrogen-bond donors (Lipinski definition) is 2. The van der Waals surface area contributed by atoms with Gasteiger partial charge in [0.15, 0.2) is 0 Å². The third-order valence-electron chi connectivity index (χ3n) is 2.85. The number of amides is 1. The van der Waals surface area contributed by atoms with Crippen molar-refractivity contribution in [1.82, 2.24) is 10.6 Å². The standard InChI is InChI=1S/C10H18N2O/c1-7(8-2-3-8)12-10(13)6-11-9-4-5-9/h7-9,11H,2-6H2,1H3,(H,12,13). The van der Waals surface area contributed by atoms with E-state index >= 15 is 0 Å². The van der Waals surface area contributed by atoms with E-state index < -0.39 is 0 Å². The second kappa shape index (κ2) is 3.66. The van der Waals surface area contributed by atoms with E-state index in [9.17, 15) is 4.79 Å². The van der Waals surface area contributed by atoms with Crippen LogP contribution in [-0.4, -0.2) is 24.5 Å². The van der Waals surface area contributed by atoms with Gasteiger partial charge in [0.25, 0.3) is 0 Å². The quantitative estimate of drug-likeness (QED) is 0.655. The van der Waals surface area contributed by atoms with Crippen molar-refractivity contribution < 1.29 is 4.79 Å². The van der Waals surface area contributed by atoms with Crippen molar-refractivity contribution in [2.24, 2.45) is 5.92 Å². The average Bonchev–Trinajstić information content (AvgIpc) is 2.93. The first-order valence-corrected chi connectivity index (χ1v) is 5.28. The molecule has 0 heterocycles. The van der Waals surface area contributed by atoms with Crippen LogP contribution in [0.15, 0.2) is 0 Å². The fourth-order valence-corrected chi connectivity index (χ4v) is 1.54. The molecule has 1 atom stereocenters. The van der Waals surface area contributed by atoms with Gasteiger partial charge < -0.3 is 10.6 Å². The second-order valence-corrected chi connectivity index (χ2v) is 4.35. The molecule has 0 bridgehead atoms. The van der Waals surface area contributed by atoms with Crippen molar-refractivity contribution in [3.05, 3.63) is 0 Å². The molecule has 0 aromatic rings.